The normalized spacial score (nSPS) is 9.44. The van der Waals surface area contributed by atoms with E-state index in [1.54, 1.807) is 19.1 Å². The summed E-state index contributed by atoms with van der Waals surface area (Å²) in [4.78, 5) is 9.25. The van der Waals surface area contributed by atoms with Crippen LogP contribution in [-0.4, -0.2) is 14.3 Å². The van der Waals surface area contributed by atoms with E-state index in [1.165, 1.54) is 13.0 Å². The Balaban J connectivity index is 0. The molecule has 0 atom stereocenters. The predicted molar refractivity (Wildman–Crippen MR) is 56.4 cm³/mol. The molecule has 0 heterocycles. The molecular formula is C9H12N2O3SY+. The Morgan fingerprint density at radius 3 is 2.19 bits per heavy atom. The third kappa shape index (κ3) is 7.93. The summed E-state index contributed by atoms with van der Waals surface area (Å²) in [6, 6.07) is 7.31. The molecule has 5 nitrogen and oxygen atoms in total. The van der Waals surface area contributed by atoms with Gasteiger partial charge < -0.3 is 10.5 Å². The van der Waals surface area contributed by atoms with Crippen LogP contribution in [0.4, 0.5) is 0 Å². The van der Waals surface area contributed by atoms with Gasteiger partial charge in [-0.1, -0.05) is 6.92 Å². The molecule has 0 unspecified atom stereocenters. The van der Waals surface area contributed by atoms with Crippen molar-refractivity contribution in [1.29, 1.82) is 0 Å². The van der Waals surface area contributed by atoms with E-state index in [9.17, 15) is 8.42 Å². The second-order valence-corrected chi connectivity index (χ2v) is 4.32. The zero-order chi connectivity index (χ0) is 12.1. The summed E-state index contributed by atoms with van der Waals surface area (Å²) in [5.74, 6) is -0.583. The molecule has 16 heavy (non-hydrogen) atoms. The maximum absolute atomic E-state index is 10.8. The van der Waals surface area contributed by atoms with Gasteiger partial charge in [0.15, 0.2) is 10.0 Å². The Bertz CT molecular complexity index is 442. The first-order valence-electron chi connectivity index (χ1n) is 3.97. The van der Waals surface area contributed by atoms with Crippen LogP contribution in [0.3, 0.4) is 0 Å². The van der Waals surface area contributed by atoms with Crippen molar-refractivity contribution in [3.63, 3.8) is 0 Å². The number of nitrogens with two attached hydrogens (primary N) is 1. The number of hydrogen-bond acceptors (Lipinski definition) is 3. The quantitative estimate of drug-likeness (QED) is 0.783. The topological polar surface area (TPSA) is 101 Å². The number of carbonyl (C=O) groups is 1. The van der Waals surface area contributed by atoms with E-state index in [1.807, 2.05) is 0 Å². The smallest absolute Gasteiger partial charge is 0.668 e. The second kappa shape index (κ2) is 7.89. The number of benzene rings is 1. The number of amides is 1. The van der Waals surface area contributed by atoms with E-state index in [-0.39, 0.29) is 37.6 Å². The fourth-order valence-electron chi connectivity index (χ4n) is 0.799. The molecule has 0 aliphatic rings. The molecule has 0 aliphatic heterocycles. The van der Waals surface area contributed by atoms with E-state index >= 15 is 0 Å². The number of hydrogen-bond donors (Lipinski definition) is 1. The van der Waals surface area contributed by atoms with Gasteiger partial charge in [0.2, 0.25) is 0 Å². The molecule has 0 bridgehead atoms. The average molecular weight is 317 g/mol. The van der Waals surface area contributed by atoms with Crippen LogP contribution >= 0.6 is 0 Å². The zero-order valence-corrected chi connectivity index (χ0v) is 12.7. The van der Waals surface area contributed by atoms with Crippen molar-refractivity contribution in [2.75, 3.05) is 0 Å². The van der Waals surface area contributed by atoms with Crippen LogP contribution in [-0.2, 0) is 47.5 Å². The van der Waals surface area contributed by atoms with Gasteiger partial charge in [-0.3, -0.25) is 0 Å². The van der Waals surface area contributed by atoms with Gasteiger partial charge in [0.05, 0.1) is 0 Å². The zero-order valence-electron chi connectivity index (χ0n) is 9.02. The molecule has 1 aromatic rings. The largest absolute Gasteiger partial charge is 3.00 e. The van der Waals surface area contributed by atoms with Crippen LogP contribution in [0.25, 0.3) is 5.73 Å². The van der Waals surface area contributed by atoms with E-state index in [4.69, 9.17) is 15.7 Å². The Morgan fingerprint density at radius 2 is 1.94 bits per heavy atom. The molecule has 0 aromatic heterocycles. The molecule has 0 saturated heterocycles. The number of aryl methyl sites for hydroxylation is 1. The van der Waals surface area contributed by atoms with Crippen molar-refractivity contribution >= 4 is 15.9 Å². The van der Waals surface area contributed by atoms with Gasteiger partial charge in [-0.25, -0.2) is 13.6 Å². The minimum absolute atomic E-state index is 0. The molecule has 0 spiro atoms. The third-order valence-corrected chi connectivity index (χ3v) is 2.39. The minimum Gasteiger partial charge on any atom is -0.668 e. The van der Waals surface area contributed by atoms with Gasteiger partial charge in [-0.2, -0.15) is 24.3 Å². The Labute approximate surface area is 121 Å². The number of rotatable bonds is 1. The molecule has 0 radical (unpaired) electrons. The van der Waals surface area contributed by atoms with E-state index in [2.05, 4.69) is 6.07 Å². The van der Waals surface area contributed by atoms with Crippen molar-refractivity contribution in [3.05, 3.63) is 35.6 Å². The van der Waals surface area contributed by atoms with Crippen LogP contribution in [0.15, 0.2) is 23.1 Å². The molecular weight excluding hydrogens is 305 g/mol. The Kier molecular flexibility index (Phi) is 8.92. The van der Waals surface area contributed by atoms with Crippen LogP contribution in [0, 0.1) is 13.0 Å². The van der Waals surface area contributed by atoms with E-state index in [0.29, 0.717) is 5.56 Å². The fourth-order valence-corrected chi connectivity index (χ4v) is 1.55. The maximum atomic E-state index is 10.8. The monoisotopic (exact) mass is 317 g/mol. The molecule has 0 fully saturated rings. The molecule has 1 amide bonds. The molecule has 3 N–H and O–H groups in total. The standard InChI is InChI=1S/C7H8NO2S.C2H5NO.Y/c1-6-4-2-3-5-7(6)11(8,9)10;1-2(3)4;/h2,4-5H,1H3,(H2,8,9,10);1H3,(H2,3,4);/q-1;;+3/p-1. The van der Waals surface area contributed by atoms with Crippen molar-refractivity contribution in [1.82, 2.24) is 0 Å². The number of sulfonamides is 1. The van der Waals surface area contributed by atoms with Crippen LogP contribution in [0.2, 0.25) is 0 Å². The number of carbonyl (C=O) groups excluding carboxylic acids is 1. The Hall–Kier alpha value is -0.296. The number of nitrogens with one attached hydrogen (secondary N) is 1. The second-order valence-electron chi connectivity index (χ2n) is 2.79. The van der Waals surface area contributed by atoms with Gasteiger partial charge in [-0.15, -0.1) is 5.56 Å². The first kappa shape index (κ1) is 18.1. The molecule has 7 heteroatoms. The summed E-state index contributed by atoms with van der Waals surface area (Å²) >= 11 is 0. The first-order valence-corrected chi connectivity index (χ1v) is 5.51. The minimum atomic E-state index is -3.56. The predicted octanol–water partition coefficient (Wildman–Crippen LogP) is 1.03. The van der Waals surface area contributed by atoms with Gasteiger partial charge in [-0.05, 0) is 11.8 Å². The fraction of sp³-hybridized carbons (Fsp3) is 0.222. The summed E-state index contributed by atoms with van der Waals surface area (Å²) in [6.07, 6.45) is 0. The van der Waals surface area contributed by atoms with E-state index < -0.39 is 15.9 Å². The van der Waals surface area contributed by atoms with Crippen molar-refractivity contribution in [2.24, 2.45) is 5.14 Å². The summed E-state index contributed by atoms with van der Waals surface area (Å²) < 4.78 is 21.6. The summed E-state index contributed by atoms with van der Waals surface area (Å²) in [7, 11) is -3.56. The molecule has 84 valence electrons. The van der Waals surface area contributed by atoms with Gasteiger partial charge in [0.1, 0.15) is 0 Å². The molecule has 1 rings (SSSR count). The maximum Gasteiger partial charge on any atom is 3.00 e. The van der Waals surface area contributed by atoms with Gasteiger partial charge in [0.25, 0.3) is 0 Å². The van der Waals surface area contributed by atoms with Gasteiger partial charge >= 0.3 is 32.7 Å². The van der Waals surface area contributed by atoms with Crippen molar-refractivity contribution in [2.45, 2.75) is 18.7 Å². The summed E-state index contributed by atoms with van der Waals surface area (Å²) in [5.41, 5.74) is 6.59. The SMILES string of the molecule is CC([NH-])=O.Cc1cc[c-]cc1S(N)(=O)=O.[Y+3]. The van der Waals surface area contributed by atoms with Crippen LogP contribution in [0.5, 0.6) is 0 Å². The van der Waals surface area contributed by atoms with Crippen LogP contribution < -0.4 is 5.14 Å². The van der Waals surface area contributed by atoms with E-state index in [0.717, 1.165) is 0 Å². The Morgan fingerprint density at radius 1 is 1.50 bits per heavy atom. The summed E-state index contributed by atoms with van der Waals surface area (Å²) in [5, 5.41) is 4.91. The van der Waals surface area contributed by atoms with Crippen molar-refractivity contribution < 1.29 is 45.9 Å². The van der Waals surface area contributed by atoms with Gasteiger partial charge in [0, 0.05) is 5.91 Å². The molecule has 1 aromatic carbocycles. The summed E-state index contributed by atoms with van der Waals surface area (Å²) in [6.45, 7) is 2.88. The first-order chi connectivity index (χ1) is 6.75. The van der Waals surface area contributed by atoms with Crippen molar-refractivity contribution in [3.8, 4) is 0 Å². The molecule has 0 aliphatic carbocycles. The van der Waals surface area contributed by atoms with Crippen LogP contribution in [0.1, 0.15) is 12.5 Å². The number of primary sulfonamides is 1. The third-order valence-electron chi connectivity index (χ3n) is 1.34. The molecule has 0 saturated carbocycles. The average Bonchev–Trinajstić information content (AvgIpc) is 2.01.